The summed E-state index contributed by atoms with van der Waals surface area (Å²) >= 11 is 8.79. The van der Waals surface area contributed by atoms with Gasteiger partial charge in [-0.15, -0.1) is 0 Å². The number of aryl methyl sites for hydroxylation is 1. The Labute approximate surface area is 200 Å². The van der Waals surface area contributed by atoms with Gasteiger partial charge in [-0.2, -0.15) is 11.8 Å². The number of anilines is 1. The highest BCUT2D eigenvalue weighted by atomic mass is 35.5. The predicted molar refractivity (Wildman–Crippen MR) is 139 cm³/mol. The summed E-state index contributed by atoms with van der Waals surface area (Å²) in [5.74, 6) is 4.19. The largest absolute Gasteiger partial charge is 0.369 e. The molecule has 2 aromatic carbocycles. The van der Waals surface area contributed by atoms with Gasteiger partial charge in [-0.1, -0.05) is 23.7 Å². The van der Waals surface area contributed by atoms with Crippen LogP contribution in [0.2, 0.25) is 5.02 Å². The van der Waals surface area contributed by atoms with Crippen LogP contribution in [0.3, 0.4) is 0 Å². The molecule has 170 valence electrons. The topological polar surface area (TPSA) is 24.3 Å². The van der Waals surface area contributed by atoms with Crippen LogP contribution in [0.4, 0.5) is 5.69 Å². The number of nitrogens with zero attached hydrogens (tertiary/aromatic N) is 4. The monoisotopic (exact) mass is 468 g/mol. The summed E-state index contributed by atoms with van der Waals surface area (Å²) in [6, 6.07) is 13.9. The van der Waals surface area contributed by atoms with E-state index in [9.17, 15) is 0 Å². The van der Waals surface area contributed by atoms with E-state index in [0.717, 1.165) is 47.8 Å². The lowest BCUT2D eigenvalue weighted by atomic mass is 10.0. The zero-order valence-electron chi connectivity index (χ0n) is 19.4. The van der Waals surface area contributed by atoms with Crippen molar-refractivity contribution < 1.29 is 0 Å². The zero-order chi connectivity index (χ0) is 22.2. The Morgan fingerprint density at radius 1 is 0.969 bits per heavy atom. The number of hydrogen-bond donors (Lipinski definition) is 0. The maximum Gasteiger partial charge on any atom is 0.112 e. The third-order valence-corrected chi connectivity index (χ3v) is 8.51. The van der Waals surface area contributed by atoms with Crippen LogP contribution in [-0.2, 0) is 7.05 Å². The van der Waals surface area contributed by atoms with Gasteiger partial charge in [0.05, 0.1) is 10.5 Å². The van der Waals surface area contributed by atoms with Crippen LogP contribution in [0.25, 0.3) is 22.2 Å². The second-order valence-corrected chi connectivity index (χ2v) is 11.0. The standard InChI is InChI=1S/C26H33ClN4S/c1-18(2)30-10-12-31(13-11-30)22-6-4-19(5-7-22)21-16-23(27)25-24(17-21)29(3)26(28-25)20-8-14-32-15-9-20/h4-7,16-18,20H,8-15H2,1-3H3. The smallest absolute Gasteiger partial charge is 0.112 e. The molecule has 0 amide bonds. The molecule has 2 saturated heterocycles. The lowest BCUT2D eigenvalue weighted by Crippen LogP contribution is -2.48. The number of aromatic nitrogens is 2. The minimum atomic E-state index is 0.545. The maximum atomic E-state index is 6.74. The molecule has 3 heterocycles. The highest BCUT2D eigenvalue weighted by molar-refractivity contribution is 7.99. The molecule has 0 unspecified atom stereocenters. The Morgan fingerprint density at radius 3 is 2.31 bits per heavy atom. The summed E-state index contributed by atoms with van der Waals surface area (Å²) < 4.78 is 2.27. The lowest BCUT2D eigenvalue weighted by molar-refractivity contribution is 0.209. The van der Waals surface area contributed by atoms with E-state index in [-0.39, 0.29) is 0 Å². The van der Waals surface area contributed by atoms with Gasteiger partial charge in [-0.3, -0.25) is 4.90 Å². The first-order chi connectivity index (χ1) is 15.5. The molecule has 2 aliphatic rings. The van der Waals surface area contributed by atoms with E-state index in [4.69, 9.17) is 16.6 Å². The summed E-state index contributed by atoms with van der Waals surface area (Å²) in [6.45, 7) is 9.01. The van der Waals surface area contributed by atoms with Crippen LogP contribution in [0.1, 0.15) is 38.4 Å². The number of thioether (sulfide) groups is 1. The summed E-state index contributed by atoms with van der Waals surface area (Å²) in [7, 11) is 2.15. The fraction of sp³-hybridized carbons (Fsp3) is 0.500. The summed E-state index contributed by atoms with van der Waals surface area (Å²) in [5, 5.41) is 0.749. The Balaban J connectivity index is 1.39. The number of piperazine rings is 1. The van der Waals surface area contributed by atoms with Crippen molar-refractivity contribution in [1.82, 2.24) is 14.5 Å². The van der Waals surface area contributed by atoms with E-state index in [0.29, 0.717) is 12.0 Å². The average Bonchev–Trinajstić information content (AvgIpc) is 3.17. The average molecular weight is 469 g/mol. The van der Waals surface area contributed by atoms with Gasteiger partial charge in [0, 0.05) is 50.9 Å². The van der Waals surface area contributed by atoms with Gasteiger partial charge in [0.2, 0.25) is 0 Å². The van der Waals surface area contributed by atoms with Gasteiger partial charge in [-0.05, 0) is 73.6 Å². The maximum absolute atomic E-state index is 6.74. The highest BCUT2D eigenvalue weighted by Crippen LogP contribution is 2.36. The molecular weight excluding hydrogens is 436 g/mol. The highest BCUT2D eigenvalue weighted by Gasteiger charge is 2.23. The molecule has 0 N–H and O–H groups in total. The number of hydrogen-bond acceptors (Lipinski definition) is 4. The van der Waals surface area contributed by atoms with Crippen LogP contribution in [-0.4, -0.2) is 58.2 Å². The van der Waals surface area contributed by atoms with Crippen LogP contribution in [0, 0.1) is 0 Å². The van der Waals surface area contributed by atoms with Crippen molar-refractivity contribution in [2.45, 2.75) is 38.6 Å². The lowest BCUT2D eigenvalue weighted by Gasteiger charge is -2.38. The molecule has 0 saturated carbocycles. The van der Waals surface area contributed by atoms with E-state index in [1.165, 1.54) is 41.4 Å². The summed E-state index contributed by atoms with van der Waals surface area (Å²) in [5.41, 5.74) is 5.74. The number of rotatable bonds is 4. The van der Waals surface area contributed by atoms with E-state index in [1.54, 1.807) is 0 Å². The first-order valence-electron chi connectivity index (χ1n) is 11.8. The first kappa shape index (κ1) is 22.1. The van der Waals surface area contributed by atoms with Crippen molar-refractivity contribution >= 4 is 40.1 Å². The third-order valence-electron chi connectivity index (χ3n) is 7.17. The van der Waals surface area contributed by atoms with E-state index in [2.05, 4.69) is 83.4 Å². The van der Waals surface area contributed by atoms with Crippen molar-refractivity contribution in [2.75, 3.05) is 42.6 Å². The Morgan fingerprint density at radius 2 is 1.66 bits per heavy atom. The molecular formula is C26H33ClN4S. The molecule has 1 aromatic heterocycles. The van der Waals surface area contributed by atoms with Gasteiger partial charge >= 0.3 is 0 Å². The summed E-state index contributed by atoms with van der Waals surface area (Å²) in [6.07, 6.45) is 2.42. The molecule has 4 nitrogen and oxygen atoms in total. The fourth-order valence-electron chi connectivity index (χ4n) is 5.11. The Bertz CT molecular complexity index is 1080. The van der Waals surface area contributed by atoms with Gasteiger partial charge in [-0.25, -0.2) is 4.98 Å². The third kappa shape index (κ3) is 4.27. The van der Waals surface area contributed by atoms with Crippen LogP contribution >= 0.6 is 23.4 Å². The molecule has 0 spiro atoms. The molecule has 0 aliphatic carbocycles. The molecule has 32 heavy (non-hydrogen) atoms. The van der Waals surface area contributed by atoms with Crippen molar-refractivity contribution in [2.24, 2.45) is 7.05 Å². The second-order valence-electron chi connectivity index (χ2n) is 9.41. The second kappa shape index (κ2) is 9.28. The summed E-state index contributed by atoms with van der Waals surface area (Å²) in [4.78, 5) is 10.0. The van der Waals surface area contributed by atoms with Crippen molar-refractivity contribution in [3.63, 3.8) is 0 Å². The first-order valence-corrected chi connectivity index (χ1v) is 13.4. The van der Waals surface area contributed by atoms with Gasteiger partial charge in [0.1, 0.15) is 11.3 Å². The van der Waals surface area contributed by atoms with E-state index >= 15 is 0 Å². The van der Waals surface area contributed by atoms with Crippen molar-refractivity contribution in [3.05, 3.63) is 47.2 Å². The van der Waals surface area contributed by atoms with Crippen LogP contribution in [0.15, 0.2) is 36.4 Å². The van der Waals surface area contributed by atoms with Crippen molar-refractivity contribution in [1.29, 1.82) is 0 Å². The number of benzene rings is 2. The number of imidazole rings is 1. The molecule has 6 heteroatoms. The van der Waals surface area contributed by atoms with Crippen LogP contribution in [0.5, 0.6) is 0 Å². The molecule has 2 fully saturated rings. The minimum Gasteiger partial charge on any atom is -0.369 e. The van der Waals surface area contributed by atoms with Gasteiger partial charge in [0.15, 0.2) is 0 Å². The van der Waals surface area contributed by atoms with Gasteiger partial charge < -0.3 is 9.47 Å². The van der Waals surface area contributed by atoms with Crippen molar-refractivity contribution in [3.8, 4) is 11.1 Å². The predicted octanol–water partition coefficient (Wildman–Crippen LogP) is 6.03. The normalized spacial score (nSPS) is 18.7. The van der Waals surface area contributed by atoms with Gasteiger partial charge in [0.25, 0.3) is 0 Å². The molecule has 3 aromatic rings. The molecule has 0 bridgehead atoms. The molecule has 2 aliphatic heterocycles. The Hall–Kier alpha value is -1.69. The molecule has 0 radical (unpaired) electrons. The van der Waals surface area contributed by atoms with E-state index in [1.807, 2.05) is 0 Å². The van der Waals surface area contributed by atoms with Crippen LogP contribution < -0.4 is 4.90 Å². The molecule has 5 rings (SSSR count). The zero-order valence-corrected chi connectivity index (χ0v) is 20.9. The Kier molecular flexibility index (Phi) is 6.42. The number of fused-ring (bicyclic) bond motifs is 1. The van der Waals surface area contributed by atoms with E-state index < -0.39 is 0 Å². The SMILES string of the molecule is CC(C)N1CCN(c2ccc(-c3cc(Cl)c4nc(C5CCSCC5)n(C)c4c3)cc2)CC1. The molecule has 0 atom stereocenters. The minimum absolute atomic E-state index is 0.545. The number of halogens is 1. The fourth-order valence-corrected chi connectivity index (χ4v) is 6.48. The quantitative estimate of drug-likeness (QED) is 0.466.